The molecular formula is C21H26N4O2S. The molecule has 28 heavy (non-hydrogen) atoms. The van der Waals surface area contributed by atoms with Gasteiger partial charge in [-0.05, 0) is 58.2 Å². The number of para-hydroxylation sites is 1. The fraction of sp³-hybridized carbons (Fsp3) is 0.429. The van der Waals surface area contributed by atoms with Crippen LogP contribution in [0.1, 0.15) is 16.9 Å². The zero-order valence-electron chi connectivity index (χ0n) is 16.6. The Bertz CT molecular complexity index is 1110. The number of rotatable bonds is 5. The molecule has 1 aliphatic heterocycles. The normalized spacial score (nSPS) is 14.7. The van der Waals surface area contributed by atoms with Crippen molar-refractivity contribution in [2.24, 2.45) is 0 Å². The molecule has 4 rings (SSSR count). The van der Waals surface area contributed by atoms with Crippen LogP contribution >= 0.6 is 11.3 Å². The summed E-state index contributed by atoms with van der Waals surface area (Å²) in [6, 6.07) is 9.27. The Balaban J connectivity index is 1.97. The van der Waals surface area contributed by atoms with E-state index in [2.05, 4.69) is 16.8 Å². The molecule has 0 aliphatic carbocycles. The fourth-order valence-corrected chi connectivity index (χ4v) is 5.32. The van der Waals surface area contributed by atoms with Gasteiger partial charge in [0.15, 0.2) is 0 Å². The van der Waals surface area contributed by atoms with E-state index >= 15 is 0 Å². The van der Waals surface area contributed by atoms with Crippen LogP contribution in [0.25, 0.3) is 15.9 Å². The lowest BCUT2D eigenvalue weighted by Crippen LogP contribution is -2.39. The van der Waals surface area contributed by atoms with Crippen LogP contribution < -0.4 is 11.2 Å². The summed E-state index contributed by atoms with van der Waals surface area (Å²) >= 11 is 1.62. The average molecular weight is 399 g/mol. The van der Waals surface area contributed by atoms with E-state index in [1.54, 1.807) is 11.3 Å². The highest BCUT2D eigenvalue weighted by Crippen LogP contribution is 2.32. The molecule has 0 saturated carbocycles. The van der Waals surface area contributed by atoms with Crippen LogP contribution in [-0.4, -0.2) is 53.2 Å². The molecule has 0 amide bonds. The van der Waals surface area contributed by atoms with E-state index in [4.69, 9.17) is 0 Å². The predicted molar refractivity (Wildman–Crippen MR) is 115 cm³/mol. The molecule has 0 bridgehead atoms. The van der Waals surface area contributed by atoms with Crippen molar-refractivity contribution in [3.63, 3.8) is 0 Å². The topological polar surface area (TPSA) is 50.5 Å². The molecule has 7 heteroatoms. The lowest BCUT2D eigenvalue weighted by Gasteiger charge is -2.21. The van der Waals surface area contributed by atoms with Gasteiger partial charge in [0.05, 0.1) is 11.1 Å². The van der Waals surface area contributed by atoms with E-state index in [-0.39, 0.29) is 11.2 Å². The minimum atomic E-state index is -0.241. The molecule has 0 atom stereocenters. The molecule has 0 unspecified atom stereocenters. The van der Waals surface area contributed by atoms with Crippen molar-refractivity contribution < 1.29 is 0 Å². The van der Waals surface area contributed by atoms with E-state index in [0.29, 0.717) is 12.2 Å². The second-order valence-electron chi connectivity index (χ2n) is 7.74. The summed E-state index contributed by atoms with van der Waals surface area (Å²) in [5.74, 6) is 0. The smallest absolute Gasteiger partial charge is 0.309 e. The van der Waals surface area contributed by atoms with Gasteiger partial charge in [0.1, 0.15) is 4.83 Å². The minimum absolute atomic E-state index is 0.183. The Hall–Kier alpha value is -2.22. The Labute approximate surface area is 168 Å². The third-order valence-electron chi connectivity index (χ3n) is 5.31. The lowest BCUT2D eigenvalue weighted by atomic mass is 10.1. The molecule has 1 aliphatic rings. The summed E-state index contributed by atoms with van der Waals surface area (Å²) in [6.07, 6.45) is 1.71. The molecule has 3 aromatic rings. The molecular weight excluding hydrogens is 372 g/mol. The minimum Gasteiger partial charge on any atom is -0.309 e. The Kier molecular flexibility index (Phi) is 5.23. The van der Waals surface area contributed by atoms with Gasteiger partial charge in [-0.3, -0.25) is 9.36 Å². The summed E-state index contributed by atoms with van der Waals surface area (Å²) in [5.41, 5.74) is 1.34. The van der Waals surface area contributed by atoms with Crippen LogP contribution in [0.2, 0.25) is 0 Å². The average Bonchev–Trinajstić information content (AvgIpc) is 3.03. The molecule has 1 aromatic carbocycles. The summed E-state index contributed by atoms with van der Waals surface area (Å²) in [5, 5.41) is 0.737. The lowest BCUT2D eigenvalue weighted by molar-refractivity contribution is 0.318. The first-order valence-electron chi connectivity index (χ1n) is 9.66. The van der Waals surface area contributed by atoms with Crippen molar-refractivity contribution in [2.45, 2.75) is 25.9 Å². The third-order valence-corrected chi connectivity index (χ3v) is 6.55. The first-order valence-corrected chi connectivity index (χ1v) is 10.5. The maximum atomic E-state index is 13.4. The zero-order valence-corrected chi connectivity index (χ0v) is 17.5. The molecule has 0 radical (unpaired) electrons. The van der Waals surface area contributed by atoms with E-state index in [0.717, 1.165) is 48.3 Å². The van der Waals surface area contributed by atoms with Crippen LogP contribution in [0.5, 0.6) is 0 Å². The SMILES string of the molecule is CN(C)CCCn1c(=O)n(-c2ccccc2)c(=O)c2c3c(sc21)CN(C)CC3. The number of aryl methyl sites for hydroxylation is 1. The quantitative estimate of drug-likeness (QED) is 0.661. The van der Waals surface area contributed by atoms with Crippen LogP contribution in [0, 0.1) is 0 Å². The van der Waals surface area contributed by atoms with Crippen molar-refractivity contribution in [2.75, 3.05) is 34.2 Å². The van der Waals surface area contributed by atoms with Gasteiger partial charge in [0.25, 0.3) is 5.56 Å². The molecule has 0 spiro atoms. The highest BCUT2D eigenvalue weighted by Gasteiger charge is 2.25. The molecule has 148 valence electrons. The second-order valence-corrected chi connectivity index (χ2v) is 8.82. The molecule has 2 aromatic heterocycles. The summed E-state index contributed by atoms with van der Waals surface area (Å²) in [7, 11) is 6.16. The number of nitrogens with zero attached hydrogens (tertiary/aromatic N) is 4. The van der Waals surface area contributed by atoms with E-state index < -0.39 is 0 Å². The van der Waals surface area contributed by atoms with Gasteiger partial charge in [-0.1, -0.05) is 18.2 Å². The highest BCUT2D eigenvalue weighted by molar-refractivity contribution is 7.18. The van der Waals surface area contributed by atoms with Gasteiger partial charge >= 0.3 is 5.69 Å². The van der Waals surface area contributed by atoms with Crippen molar-refractivity contribution in [1.29, 1.82) is 0 Å². The molecule has 3 heterocycles. The molecule has 0 fully saturated rings. The number of thiophene rings is 1. The monoisotopic (exact) mass is 398 g/mol. The van der Waals surface area contributed by atoms with E-state index in [1.165, 1.54) is 9.44 Å². The van der Waals surface area contributed by atoms with E-state index in [1.807, 2.05) is 49.0 Å². The second kappa shape index (κ2) is 7.66. The standard InChI is InChI=1S/C21H26N4O2S/c1-22(2)11-7-12-24-20-18(16-10-13-23(3)14-17(16)28-20)19(26)25(21(24)27)15-8-5-4-6-9-15/h4-6,8-9H,7,10-14H2,1-3H3. The van der Waals surface area contributed by atoms with Crippen LogP contribution in [0.4, 0.5) is 0 Å². The van der Waals surface area contributed by atoms with Crippen molar-refractivity contribution >= 4 is 21.6 Å². The maximum absolute atomic E-state index is 13.4. The van der Waals surface area contributed by atoms with Crippen molar-refractivity contribution in [3.8, 4) is 5.69 Å². The number of hydrogen-bond donors (Lipinski definition) is 0. The van der Waals surface area contributed by atoms with E-state index in [9.17, 15) is 9.59 Å². The number of fused-ring (bicyclic) bond motifs is 3. The van der Waals surface area contributed by atoms with Crippen LogP contribution in [0.3, 0.4) is 0 Å². The first-order chi connectivity index (χ1) is 13.5. The van der Waals surface area contributed by atoms with Crippen molar-refractivity contribution in [1.82, 2.24) is 18.9 Å². The van der Waals surface area contributed by atoms with Gasteiger partial charge in [-0.2, -0.15) is 0 Å². The van der Waals surface area contributed by atoms with Gasteiger partial charge < -0.3 is 9.80 Å². The number of aromatic nitrogens is 2. The van der Waals surface area contributed by atoms with Crippen LogP contribution in [0.15, 0.2) is 39.9 Å². The summed E-state index contributed by atoms with van der Waals surface area (Å²) in [6.45, 7) is 3.27. The molecule has 6 nitrogen and oxygen atoms in total. The molecule has 0 saturated heterocycles. The van der Waals surface area contributed by atoms with Gasteiger partial charge in [0, 0.05) is 24.5 Å². The Morgan fingerprint density at radius 3 is 2.61 bits per heavy atom. The third kappa shape index (κ3) is 3.34. The summed E-state index contributed by atoms with van der Waals surface area (Å²) < 4.78 is 3.17. The number of hydrogen-bond acceptors (Lipinski definition) is 5. The first kappa shape index (κ1) is 19.1. The molecule has 0 N–H and O–H groups in total. The maximum Gasteiger partial charge on any atom is 0.336 e. The highest BCUT2D eigenvalue weighted by atomic mass is 32.1. The van der Waals surface area contributed by atoms with Gasteiger partial charge in [-0.25, -0.2) is 9.36 Å². The number of benzene rings is 1. The van der Waals surface area contributed by atoms with Gasteiger partial charge in [0.2, 0.25) is 0 Å². The van der Waals surface area contributed by atoms with Crippen molar-refractivity contribution in [3.05, 3.63) is 61.6 Å². The van der Waals surface area contributed by atoms with Gasteiger partial charge in [-0.15, -0.1) is 11.3 Å². The number of likely N-dealkylation sites (N-methyl/N-ethyl adjacent to an activating group) is 1. The largest absolute Gasteiger partial charge is 0.336 e. The summed E-state index contributed by atoms with van der Waals surface area (Å²) in [4.78, 5) is 33.2. The fourth-order valence-electron chi connectivity index (χ4n) is 3.88. The predicted octanol–water partition coefficient (Wildman–Crippen LogP) is 2.15. The Morgan fingerprint density at radius 2 is 1.89 bits per heavy atom. The Morgan fingerprint density at radius 1 is 1.14 bits per heavy atom. The van der Waals surface area contributed by atoms with Crippen LogP contribution in [-0.2, 0) is 19.5 Å². The zero-order chi connectivity index (χ0) is 19.8.